The summed E-state index contributed by atoms with van der Waals surface area (Å²) in [6, 6.07) is 21.0. The molecule has 1 unspecified atom stereocenters. The molecule has 0 aliphatic carbocycles. The highest BCUT2D eigenvalue weighted by Gasteiger charge is 2.30. The number of rotatable bonds is 7. The predicted octanol–water partition coefficient (Wildman–Crippen LogP) is 3.52. The Morgan fingerprint density at radius 1 is 1.00 bits per heavy atom. The van der Waals surface area contributed by atoms with E-state index in [-0.39, 0.29) is 16.8 Å². The first kappa shape index (κ1) is 21.3. The maximum Gasteiger partial charge on any atom is 0.268 e. The minimum Gasteiger partial charge on any atom is -0.345 e. The summed E-state index contributed by atoms with van der Waals surface area (Å²) in [7, 11) is -1.87. The number of nitrogens with zero attached hydrogens (tertiary/aromatic N) is 2. The van der Waals surface area contributed by atoms with E-state index >= 15 is 0 Å². The molecule has 0 bridgehead atoms. The number of aryl methyl sites for hydroxylation is 1. The summed E-state index contributed by atoms with van der Waals surface area (Å²) >= 11 is 0. The number of sulfonamides is 1. The van der Waals surface area contributed by atoms with Gasteiger partial charge in [-0.15, -0.1) is 0 Å². The smallest absolute Gasteiger partial charge is 0.268 e. The first-order valence-electron chi connectivity index (χ1n) is 10.5. The maximum atomic E-state index is 13.2. The summed E-state index contributed by atoms with van der Waals surface area (Å²) in [5.74, 6) is -0.296. The lowest BCUT2D eigenvalue weighted by Crippen LogP contribution is -2.31. The lowest BCUT2D eigenvalue weighted by molar-refractivity contribution is 0.0928. The first-order chi connectivity index (χ1) is 14.9. The zero-order valence-corrected chi connectivity index (χ0v) is 18.4. The molecule has 3 aromatic rings. The van der Waals surface area contributed by atoms with Gasteiger partial charge >= 0.3 is 0 Å². The highest BCUT2D eigenvalue weighted by atomic mass is 32.2. The van der Waals surface area contributed by atoms with Gasteiger partial charge in [-0.1, -0.05) is 60.7 Å². The molecule has 1 aliphatic rings. The highest BCUT2D eigenvalue weighted by molar-refractivity contribution is 7.89. The second kappa shape index (κ2) is 9.08. The number of hydrogen-bond acceptors (Lipinski definition) is 3. The summed E-state index contributed by atoms with van der Waals surface area (Å²) in [4.78, 5) is 13.3. The van der Waals surface area contributed by atoms with Crippen molar-refractivity contribution in [3.05, 3.63) is 89.7 Å². The van der Waals surface area contributed by atoms with Gasteiger partial charge < -0.3 is 9.88 Å². The minimum atomic E-state index is -3.57. The van der Waals surface area contributed by atoms with E-state index in [1.54, 1.807) is 11.6 Å². The Balaban J connectivity index is 1.58. The fourth-order valence-electron chi connectivity index (χ4n) is 4.00. The van der Waals surface area contributed by atoms with Gasteiger partial charge in [0, 0.05) is 26.3 Å². The SMILES string of the molecule is Cn1cc(S(=O)(=O)N2CCCC2)cc1C(=O)NC(Cc1ccccc1)c1ccccc1. The molecule has 0 radical (unpaired) electrons. The molecular formula is C24H27N3O3S. The van der Waals surface area contributed by atoms with Crippen molar-refractivity contribution in [1.29, 1.82) is 0 Å². The molecule has 1 saturated heterocycles. The van der Waals surface area contributed by atoms with Gasteiger partial charge in [-0.2, -0.15) is 4.31 Å². The zero-order valence-electron chi connectivity index (χ0n) is 17.6. The molecule has 2 aromatic carbocycles. The van der Waals surface area contributed by atoms with E-state index in [9.17, 15) is 13.2 Å². The van der Waals surface area contributed by atoms with Gasteiger partial charge in [0.1, 0.15) is 10.6 Å². The first-order valence-corrected chi connectivity index (χ1v) is 12.0. The van der Waals surface area contributed by atoms with E-state index in [1.165, 1.54) is 16.6 Å². The number of carbonyl (C=O) groups excluding carboxylic acids is 1. The molecule has 1 aliphatic heterocycles. The van der Waals surface area contributed by atoms with Crippen LogP contribution in [0.2, 0.25) is 0 Å². The van der Waals surface area contributed by atoms with Gasteiger partial charge in [0.2, 0.25) is 10.0 Å². The molecule has 2 heterocycles. The van der Waals surface area contributed by atoms with E-state index in [2.05, 4.69) is 5.32 Å². The summed E-state index contributed by atoms with van der Waals surface area (Å²) < 4.78 is 28.9. The van der Waals surface area contributed by atoms with Crippen molar-refractivity contribution >= 4 is 15.9 Å². The molecule has 1 N–H and O–H groups in total. The van der Waals surface area contributed by atoms with Gasteiger partial charge in [-0.05, 0) is 36.5 Å². The summed E-state index contributed by atoms with van der Waals surface area (Å²) in [5, 5.41) is 3.11. The van der Waals surface area contributed by atoms with E-state index < -0.39 is 10.0 Å². The Morgan fingerprint density at radius 2 is 1.61 bits per heavy atom. The van der Waals surface area contributed by atoms with Crippen LogP contribution in [0.5, 0.6) is 0 Å². The van der Waals surface area contributed by atoms with Crippen molar-refractivity contribution in [1.82, 2.24) is 14.2 Å². The Morgan fingerprint density at radius 3 is 2.26 bits per heavy atom. The number of amides is 1. The van der Waals surface area contributed by atoms with Gasteiger partial charge in [-0.25, -0.2) is 8.42 Å². The number of hydrogen-bond donors (Lipinski definition) is 1. The summed E-state index contributed by atoms with van der Waals surface area (Å²) in [5.41, 5.74) is 2.44. The molecule has 7 heteroatoms. The second-order valence-corrected chi connectivity index (χ2v) is 9.85. The minimum absolute atomic E-state index is 0.168. The van der Waals surface area contributed by atoms with Crippen LogP contribution in [-0.4, -0.2) is 36.3 Å². The molecule has 6 nitrogen and oxygen atoms in total. The summed E-state index contributed by atoms with van der Waals surface area (Å²) in [6.07, 6.45) is 3.91. The molecule has 1 aromatic heterocycles. The number of nitrogens with one attached hydrogen (secondary N) is 1. The third kappa shape index (κ3) is 4.73. The van der Waals surface area contributed by atoms with E-state index in [1.807, 2.05) is 60.7 Å². The lowest BCUT2D eigenvalue weighted by atomic mass is 9.98. The summed E-state index contributed by atoms with van der Waals surface area (Å²) in [6.45, 7) is 1.07. The van der Waals surface area contributed by atoms with Crippen LogP contribution in [0.4, 0.5) is 0 Å². The van der Waals surface area contributed by atoms with Crippen LogP contribution >= 0.6 is 0 Å². The third-order valence-electron chi connectivity index (χ3n) is 5.71. The van der Waals surface area contributed by atoms with Crippen LogP contribution in [0.1, 0.15) is 40.5 Å². The van der Waals surface area contributed by atoms with Crippen LogP contribution in [0.25, 0.3) is 0 Å². The molecule has 31 heavy (non-hydrogen) atoms. The lowest BCUT2D eigenvalue weighted by Gasteiger charge is -2.20. The van der Waals surface area contributed by atoms with E-state index in [0.29, 0.717) is 25.2 Å². The Bertz CT molecular complexity index is 1140. The van der Waals surface area contributed by atoms with Crippen molar-refractivity contribution in [2.24, 2.45) is 7.05 Å². The quantitative estimate of drug-likeness (QED) is 0.615. The molecular weight excluding hydrogens is 410 g/mol. The molecule has 1 amide bonds. The molecule has 0 spiro atoms. The van der Waals surface area contributed by atoms with Gasteiger partial charge in [0.15, 0.2) is 0 Å². The molecule has 1 fully saturated rings. The fourth-order valence-corrected chi connectivity index (χ4v) is 5.59. The van der Waals surface area contributed by atoms with E-state index in [4.69, 9.17) is 0 Å². The fraction of sp³-hybridized carbons (Fsp3) is 0.292. The van der Waals surface area contributed by atoms with Crippen molar-refractivity contribution in [2.75, 3.05) is 13.1 Å². The Labute approximate surface area is 183 Å². The van der Waals surface area contributed by atoms with Crippen molar-refractivity contribution in [3.63, 3.8) is 0 Å². The predicted molar refractivity (Wildman–Crippen MR) is 120 cm³/mol. The number of aromatic nitrogens is 1. The second-order valence-electron chi connectivity index (χ2n) is 7.91. The van der Waals surface area contributed by atoms with Crippen molar-refractivity contribution < 1.29 is 13.2 Å². The van der Waals surface area contributed by atoms with Gasteiger partial charge in [0.05, 0.1) is 6.04 Å². The van der Waals surface area contributed by atoms with Crippen molar-refractivity contribution in [2.45, 2.75) is 30.2 Å². The van der Waals surface area contributed by atoms with Crippen LogP contribution in [0, 0.1) is 0 Å². The van der Waals surface area contributed by atoms with Crippen LogP contribution in [-0.2, 0) is 23.5 Å². The molecule has 162 valence electrons. The van der Waals surface area contributed by atoms with E-state index in [0.717, 1.165) is 24.0 Å². The molecule has 4 rings (SSSR count). The Hall–Kier alpha value is -2.90. The topological polar surface area (TPSA) is 71.4 Å². The van der Waals surface area contributed by atoms with Crippen LogP contribution < -0.4 is 5.32 Å². The van der Waals surface area contributed by atoms with Crippen LogP contribution in [0.3, 0.4) is 0 Å². The zero-order chi connectivity index (χ0) is 21.8. The van der Waals surface area contributed by atoms with Crippen molar-refractivity contribution in [3.8, 4) is 0 Å². The monoisotopic (exact) mass is 437 g/mol. The number of carbonyl (C=O) groups is 1. The molecule has 0 saturated carbocycles. The maximum absolute atomic E-state index is 13.2. The average Bonchev–Trinajstić information content (AvgIpc) is 3.45. The number of benzene rings is 2. The van der Waals surface area contributed by atoms with Gasteiger partial charge in [-0.3, -0.25) is 4.79 Å². The molecule has 1 atom stereocenters. The standard InChI is InChI=1S/C24H27N3O3S/c1-26-18-21(31(29,30)27-14-8-9-15-27)17-23(26)24(28)25-22(20-12-6-3-7-13-20)16-19-10-4-2-5-11-19/h2-7,10-13,17-18,22H,8-9,14-16H2,1H3,(H,25,28). The van der Waals surface area contributed by atoms with Gasteiger partial charge in [0.25, 0.3) is 5.91 Å². The normalized spacial score (nSPS) is 15.6. The highest BCUT2D eigenvalue weighted by Crippen LogP contribution is 2.24. The third-order valence-corrected chi connectivity index (χ3v) is 7.57. The Kier molecular flexibility index (Phi) is 6.25. The average molecular weight is 438 g/mol. The largest absolute Gasteiger partial charge is 0.345 e. The van der Waals surface area contributed by atoms with Crippen LogP contribution in [0.15, 0.2) is 77.8 Å².